The molecule has 0 amide bonds. The maximum atomic E-state index is 12.1. The zero-order chi connectivity index (χ0) is 14.0. The molecule has 2 heterocycles. The van der Waals surface area contributed by atoms with Gasteiger partial charge >= 0.3 is 0 Å². The van der Waals surface area contributed by atoms with Gasteiger partial charge in [-0.2, -0.15) is 5.10 Å². The molecule has 0 aliphatic rings. The van der Waals surface area contributed by atoms with Crippen LogP contribution >= 0.6 is 0 Å². The predicted octanol–water partition coefficient (Wildman–Crippen LogP) is 0.701. The third kappa shape index (κ3) is 2.68. The molecule has 2 N–H and O–H groups in total. The summed E-state index contributed by atoms with van der Waals surface area (Å²) < 4.78 is 28.1. The standard InChI is InChI=1S/C11H14N4O3S/c1-3-15-7-9(4-5-11(15)16)14-19(17,18)10-6-12-13-8(10)2/h4-7,14H,3H2,1-2H3,(H,12,13). The first-order valence-corrected chi connectivity index (χ1v) is 7.15. The van der Waals surface area contributed by atoms with Gasteiger partial charge in [0, 0.05) is 18.8 Å². The molecule has 2 aromatic heterocycles. The van der Waals surface area contributed by atoms with Crippen molar-refractivity contribution in [3.63, 3.8) is 0 Å². The van der Waals surface area contributed by atoms with E-state index in [1.54, 1.807) is 13.8 Å². The van der Waals surface area contributed by atoms with E-state index < -0.39 is 10.0 Å². The van der Waals surface area contributed by atoms with Crippen LogP contribution in [0.2, 0.25) is 0 Å². The highest BCUT2D eigenvalue weighted by atomic mass is 32.2. The Morgan fingerprint density at radius 1 is 1.42 bits per heavy atom. The second-order valence-corrected chi connectivity index (χ2v) is 5.66. The minimum Gasteiger partial charge on any atom is -0.314 e. The van der Waals surface area contributed by atoms with Gasteiger partial charge in [0.15, 0.2) is 0 Å². The van der Waals surface area contributed by atoms with Gasteiger partial charge in [-0.25, -0.2) is 8.42 Å². The minimum atomic E-state index is -3.70. The van der Waals surface area contributed by atoms with Gasteiger partial charge in [0.25, 0.3) is 15.6 Å². The third-order valence-electron chi connectivity index (χ3n) is 2.65. The van der Waals surface area contributed by atoms with E-state index in [9.17, 15) is 13.2 Å². The maximum absolute atomic E-state index is 12.1. The zero-order valence-electron chi connectivity index (χ0n) is 10.5. The molecule has 2 aromatic rings. The number of anilines is 1. The second kappa shape index (κ2) is 4.88. The number of aryl methyl sites for hydroxylation is 2. The lowest BCUT2D eigenvalue weighted by Crippen LogP contribution is -2.20. The molecule has 0 atom stereocenters. The van der Waals surface area contributed by atoms with Crippen molar-refractivity contribution >= 4 is 15.7 Å². The number of aromatic nitrogens is 3. The molecule has 0 radical (unpaired) electrons. The fourth-order valence-corrected chi connectivity index (χ4v) is 2.84. The summed E-state index contributed by atoms with van der Waals surface area (Å²) in [5, 5.41) is 6.25. The van der Waals surface area contributed by atoms with E-state index in [-0.39, 0.29) is 10.5 Å². The number of aromatic amines is 1. The van der Waals surface area contributed by atoms with Crippen LogP contribution in [0, 0.1) is 6.92 Å². The molecule has 0 saturated heterocycles. The highest BCUT2D eigenvalue weighted by Crippen LogP contribution is 2.16. The Hall–Kier alpha value is -2.09. The molecule has 0 spiro atoms. The summed E-state index contributed by atoms with van der Waals surface area (Å²) in [6.45, 7) is 3.90. The number of rotatable bonds is 4. The van der Waals surface area contributed by atoms with Gasteiger partial charge in [-0.15, -0.1) is 0 Å². The highest BCUT2D eigenvalue weighted by molar-refractivity contribution is 7.92. The molecule has 2 rings (SSSR count). The lowest BCUT2D eigenvalue weighted by Gasteiger charge is -2.09. The van der Waals surface area contributed by atoms with Gasteiger partial charge in [0.1, 0.15) is 4.90 Å². The van der Waals surface area contributed by atoms with Crippen molar-refractivity contribution in [3.8, 4) is 0 Å². The molecule has 102 valence electrons. The molecule has 0 fully saturated rings. The lowest BCUT2D eigenvalue weighted by molar-refractivity contribution is 0.600. The molecule has 0 aliphatic heterocycles. The van der Waals surface area contributed by atoms with Crippen LogP contribution < -0.4 is 10.3 Å². The number of sulfonamides is 1. The summed E-state index contributed by atoms with van der Waals surface area (Å²) in [5.74, 6) is 0. The average Bonchev–Trinajstić information content (AvgIpc) is 2.78. The van der Waals surface area contributed by atoms with Crippen molar-refractivity contribution in [1.29, 1.82) is 0 Å². The molecular weight excluding hydrogens is 268 g/mol. The Bertz CT molecular complexity index is 745. The Balaban J connectivity index is 2.36. The molecule has 0 aliphatic carbocycles. The Labute approximate surface area is 110 Å². The van der Waals surface area contributed by atoms with Crippen molar-refractivity contribution in [3.05, 3.63) is 40.6 Å². The van der Waals surface area contributed by atoms with Crippen LogP contribution in [0.25, 0.3) is 0 Å². The average molecular weight is 282 g/mol. The van der Waals surface area contributed by atoms with Crippen molar-refractivity contribution in [2.24, 2.45) is 0 Å². The van der Waals surface area contributed by atoms with E-state index in [2.05, 4.69) is 14.9 Å². The summed E-state index contributed by atoms with van der Waals surface area (Å²) >= 11 is 0. The summed E-state index contributed by atoms with van der Waals surface area (Å²) in [6, 6.07) is 2.75. The van der Waals surface area contributed by atoms with Gasteiger partial charge in [-0.1, -0.05) is 0 Å². The zero-order valence-corrected chi connectivity index (χ0v) is 11.4. The number of pyridine rings is 1. The number of H-pyrrole nitrogens is 1. The molecule has 7 nitrogen and oxygen atoms in total. The van der Waals surface area contributed by atoms with E-state index in [0.29, 0.717) is 17.9 Å². The summed E-state index contributed by atoms with van der Waals surface area (Å²) in [7, 11) is -3.70. The maximum Gasteiger partial charge on any atom is 0.265 e. The molecule has 8 heteroatoms. The second-order valence-electron chi connectivity index (χ2n) is 4.01. The van der Waals surface area contributed by atoms with E-state index in [4.69, 9.17) is 0 Å². The quantitative estimate of drug-likeness (QED) is 0.862. The highest BCUT2D eigenvalue weighted by Gasteiger charge is 2.18. The van der Waals surface area contributed by atoms with Crippen LogP contribution in [-0.2, 0) is 16.6 Å². The van der Waals surface area contributed by atoms with E-state index in [1.165, 1.54) is 29.1 Å². The van der Waals surface area contributed by atoms with E-state index >= 15 is 0 Å². The normalized spacial score (nSPS) is 11.5. The predicted molar refractivity (Wildman–Crippen MR) is 70.5 cm³/mol. The van der Waals surface area contributed by atoms with Crippen LogP contribution in [0.5, 0.6) is 0 Å². The van der Waals surface area contributed by atoms with Crippen LogP contribution in [0.15, 0.2) is 34.2 Å². The Kier molecular flexibility index (Phi) is 3.43. The Morgan fingerprint density at radius 2 is 2.16 bits per heavy atom. The van der Waals surface area contributed by atoms with Crippen molar-refractivity contribution in [2.45, 2.75) is 25.3 Å². The molecule has 0 unspecified atom stereocenters. The van der Waals surface area contributed by atoms with E-state index in [0.717, 1.165) is 0 Å². The minimum absolute atomic E-state index is 0.0850. The van der Waals surface area contributed by atoms with Crippen LogP contribution in [0.1, 0.15) is 12.6 Å². The van der Waals surface area contributed by atoms with Gasteiger partial charge in [-0.3, -0.25) is 14.6 Å². The summed E-state index contributed by atoms with van der Waals surface area (Å²) in [4.78, 5) is 11.5. The SMILES string of the molecule is CCn1cc(NS(=O)(=O)c2cn[nH]c2C)ccc1=O. The fourth-order valence-electron chi connectivity index (χ4n) is 1.66. The van der Waals surface area contributed by atoms with Crippen LogP contribution in [-0.4, -0.2) is 23.2 Å². The van der Waals surface area contributed by atoms with Crippen molar-refractivity contribution < 1.29 is 8.42 Å². The fraction of sp³-hybridized carbons (Fsp3) is 0.273. The largest absolute Gasteiger partial charge is 0.314 e. The number of nitrogens with one attached hydrogen (secondary N) is 2. The first kappa shape index (κ1) is 13.3. The van der Waals surface area contributed by atoms with Crippen LogP contribution in [0.3, 0.4) is 0 Å². The van der Waals surface area contributed by atoms with Crippen molar-refractivity contribution in [1.82, 2.24) is 14.8 Å². The topological polar surface area (TPSA) is 96.8 Å². The molecule has 0 bridgehead atoms. The summed E-state index contributed by atoms with van der Waals surface area (Å²) in [5.41, 5.74) is 0.614. The smallest absolute Gasteiger partial charge is 0.265 e. The monoisotopic (exact) mass is 282 g/mol. The number of hydrogen-bond donors (Lipinski definition) is 2. The first-order valence-electron chi connectivity index (χ1n) is 5.67. The van der Waals surface area contributed by atoms with Gasteiger partial charge in [0.2, 0.25) is 0 Å². The molecular formula is C11H14N4O3S. The molecule has 0 saturated carbocycles. The number of nitrogens with zero attached hydrogens (tertiary/aromatic N) is 2. The van der Waals surface area contributed by atoms with Gasteiger partial charge in [0.05, 0.1) is 17.6 Å². The first-order chi connectivity index (χ1) is 8.94. The van der Waals surface area contributed by atoms with Crippen molar-refractivity contribution in [2.75, 3.05) is 4.72 Å². The number of hydrogen-bond acceptors (Lipinski definition) is 4. The van der Waals surface area contributed by atoms with Gasteiger partial charge in [-0.05, 0) is 19.9 Å². The van der Waals surface area contributed by atoms with Crippen LogP contribution in [0.4, 0.5) is 5.69 Å². The third-order valence-corrected chi connectivity index (χ3v) is 4.14. The van der Waals surface area contributed by atoms with E-state index in [1.807, 2.05) is 0 Å². The lowest BCUT2D eigenvalue weighted by atomic mass is 10.4. The molecule has 19 heavy (non-hydrogen) atoms. The Morgan fingerprint density at radius 3 is 2.74 bits per heavy atom. The van der Waals surface area contributed by atoms with Gasteiger partial charge < -0.3 is 4.57 Å². The summed E-state index contributed by atoms with van der Waals surface area (Å²) in [6.07, 6.45) is 2.71. The molecule has 0 aromatic carbocycles.